The van der Waals surface area contributed by atoms with E-state index in [1.165, 1.54) is 0 Å². The van der Waals surface area contributed by atoms with Crippen molar-refractivity contribution < 1.29 is 9.84 Å². The standard InChI is InChI=1S/C7H14O2/c1-3-4-5-7(8)6(2)9-7/h6,8H,3-5H2,1-2H3. The van der Waals surface area contributed by atoms with Crippen LogP contribution in [-0.2, 0) is 4.74 Å². The van der Waals surface area contributed by atoms with Gasteiger partial charge in [-0.05, 0) is 13.3 Å². The van der Waals surface area contributed by atoms with Crippen LogP contribution in [-0.4, -0.2) is 17.0 Å². The van der Waals surface area contributed by atoms with E-state index in [9.17, 15) is 5.11 Å². The Hall–Kier alpha value is -0.0800. The Labute approximate surface area is 55.8 Å². The molecule has 0 radical (unpaired) electrons. The molecule has 1 saturated heterocycles. The number of ether oxygens (including phenoxy) is 1. The van der Waals surface area contributed by atoms with Gasteiger partial charge in [-0.2, -0.15) is 0 Å². The summed E-state index contributed by atoms with van der Waals surface area (Å²) in [7, 11) is 0. The third kappa shape index (κ3) is 1.43. The number of hydrogen-bond donors (Lipinski definition) is 1. The molecule has 0 aliphatic carbocycles. The van der Waals surface area contributed by atoms with Crippen LogP contribution in [0, 0.1) is 0 Å². The van der Waals surface area contributed by atoms with Crippen LogP contribution in [0.4, 0.5) is 0 Å². The number of unbranched alkanes of at least 4 members (excludes halogenated alkanes) is 1. The van der Waals surface area contributed by atoms with E-state index in [0.717, 1.165) is 19.3 Å². The van der Waals surface area contributed by atoms with Crippen molar-refractivity contribution in [2.75, 3.05) is 0 Å². The summed E-state index contributed by atoms with van der Waals surface area (Å²) in [5.74, 6) is -0.740. The maximum absolute atomic E-state index is 9.31. The molecule has 2 unspecified atom stereocenters. The number of hydrogen-bond acceptors (Lipinski definition) is 2. The van der Waals surface area contributed by atoms with Crippen LogP contribution in [0.3, 0.4) is 0 Å². The van der Waals surface area contributed by atoms with Gasteiger partial charge in [-0.1, -0.05) is 13.3 Å². The minimum absolute atomic E-state index is 0.0732. The summed E-state index contributed by atoms with van der Waals surface area (Å²) in [6, 6.07) is 0. The van der Waals surface area contributed by atoms with Gasteiger partial charge in [0.2, 0.25) is 0 Å². The normalized spacial score (nSPS) is 41.0. The summed E-state index contributed by atoms with van der Waals surface area (Å²) in [4.78, 5) is 0. The lowest BCUT2D eigenvalue weighted by atomic mass is 10.1. The molecule has 1 fully saturated rings. The summed E-state index contributed by atoms with van der Waals surface area (Å²) in [6.45, 7) is 4.01. The van der Waals surface area contributed by atoms with Crippen LogP contribution < -0.4 is 0 Å². The van der Waals surface area contributed by atoms with Crippen molar-refractivity contribution in [3.63, 3.8) is 0 Å². The molecule has 2 nitrogen and oxygen atoms in total. The monoisotopic (exact) mass is 130 g/mol. The molecule has 0 aromatic heterocycles. The summed E-state index contributed by atoms with van der Waals surface area (Å²) < 4.78 is 4.96. The molecule has 0 aromatic rings. The van der Waals surface area contributed by atoms with E-state index in [-0.39, 0.29) is 6.10 Å². The topological polar surface area (TPSA) is 32.8 Å². The minimum Gasteiger partial charge on any atom is -0.363 e. The molecule has 1 aliphatic heterocycles. The zero-order chi connectivity index (χ0) is 6.91. The molecule has 9 heavy (non-hydrogen) atoms. The highest BCUT2D eigenvalue weighted by Crippen LogP contribution is 2.37. The third-order valence-electron chi connectivity index (χ3n) is 1.85. The maximum Gasteiger partial charge on any atom is 0.192 e. The quantitative estimate of drug-likeness (QED) is 0.584. The van der Waals surface area contributed by atoms with Crippen LogP contribution in [0.15, 0.2) is 0 Å². The van der Waals surface area contributed by atoms with Gasteiger partial charge >= 0.3 is 0 Å². The Morgan fingerprint density at radius 1 is 1.67 bits per heavy atom. The molecule has 0 bridgehead atoms. The summed E-state index contributed by atoms with van der Waals surface area (Å²) >= 11 is 0. The zero-order valence-corrected chi connectivity index (χ0v) is 6.05. The predicted octanol–water partition coefficient (Wildman–Crippen LogP) is 1.28. The fraction of sp³-hybridized carbons (Fsp3) is 1.00. The molecule has 54 valence electrons. The molecule has 0 saturated carbocycles. The first-order valence-electron chi connectivity index (χ1n) is 3.59. The Bertz CT molecular complexity index is 103. The van der Waals surface area contributed by atoms with Gasteiger partial charge in [0.15, 0.2) is 5.79 Å². The van der Waals surface area contributed by atoms with E-state index < -0.39 is 5.79 Å². The number of aliphatic hydroxyl groups is 1. The molecule has 1 aliphatic rings. The van der Waals surface area contributed by atoms with Gasteiger partial charge in [0.25, 0.3) is 0 Å². The lowest BCUT2D eigenvalue weighted by Gasteiger charge is -2.00. The van der Waals surface area contributed by atoms with Gasteiger partial charge in [-0.25, -0.2) is 0 Å². The van der Waals surface area contributed by atoms with Crippen LogP contribution >= 0.6 is 0 Å². The largest absolute Gasteiger partial charge is 0.363 e. The van der Waals surface area contributed by atoms with Crippen LogP contribution in [0.25, 0.3) is 0 Å². The number of rotatable bonds is 3. The van der Waals surface area contributed by atoms with Crippen molar-refractivity contribution >= 4 is 0 Å². The van der Waals surface area contributed by atoms with Gasteiger partial charge in [0, 0.05) is 6.42 Å². The van der Waals surface area contributed by atoms with E-state index in [1.807, 2.05) is 6.92 Å². The fourth-order valence-corrected chi connectivity index (χ4v) is 0.964. The highest BCUT2D eigenvalue weighted by molar-refractivity contribution is 4.88. The highest BCUT2D eigenvalue weighted by Gasteiger charge is 2.50. The first-order valence-corrected chi connectivity index (χ1v) is 3.59. The van der Waals surface area contributed by atoms with E-state index in [0.29, 0.717) is 0 Å². The molecule has 1 rings (SSSR count). The molecular formula is C7H14O2. The van der Waals surface area contributed by atoms with Crippen molar-refractivity contribution in [3.05, 3.63) is 0 Å². The molecule has 2 atom stereocenters. The molecule has 0 aromatic carbocycles. The van der Waals surface area contributed by atoms with Gasteiger partial charge in [0.1, 0.15) is 6.10 Å². The maximum atomic E-state index is 9.31. The van der Waals surface area contributed by atoms with Gasteiger partial charge in [0.05, 0.1) is 0 Å². The van der Waals surface area contributed by atoms with E-state index in [2.05, 4.69) is 6.92 Å². The van der Waals surface area contributed by atoms with Crippen molar-refractivity contribution in [2.45, 2.75) is 45.0 Å². The van der Waals surface area contributed by atoms with Crippen molar-refractivity contribution in [1.29, 1.82) is 0 Å². The first kappa shape index (κ1) is 7.03. The molecule has 1 N–H and O–H groups in total. The van der Waals surface area contributed by atoms with Gasteiger partial charge in [-0.15, -0.1) is 0 Å². The lowest BCUT2D eigenvalue weighted by molar-refractivity contribution is 0.0268. The van der Waals surface area contributed by atoms with Crippen LogP contribution in [0.2, 0.25) is 0 Å². The summed E-state index contributed by atoms with van der Waals surface area (Å²) in [5, 5.41) is 9.31. The predicted molar refractivity (Wildman–Crippen MR) is 35.0 cm³/mol. The minimum atomic E-state index is -0.740. The molecule has 1 heterocycles. The van der Waals surface area contributed by atoms with Gasteiger partial charge in [-0.3, -0.25) is 0 Å². The molecule has 0 spiro atoms. The van der Waals surface area contributed by atoms with E-state index in [1.54, 1.807) is 0 Å². The average molecular weight is 130 g/mol. The zero-order valence-electron chi connectivity index (χ0n) is 6.05. The van der Waals surface area contributed by atoms with Crippen molar-refractivity contribution in [3.8, 4) is 0 Å². The second-order valence-electron chi connectivity index (χ2n) is 2.71. The third-order valence-corrected chi connectivity index (χ3v) is 1.85. The summed E-state index contributed by atoms with van der Waals surface area (Å²) in [6.07, 6.45) is 3.05. The van der Waals surface area contributed by atoms with Crippen molar-refractivity contribution in [2.24, 2.45) is 0 Å². The molecule has 2 heteroatoms. The van der Waals surface area contributed by atoms with Crippen LogP contribution in [0.5, 0.6) is 0 Å². The Kier molecular flexibility index (Phi) is 1.78. The second kappa shape index (κ2) is 2.27. The first-order chi connectivity index (χ1) is 4.19. The van der Waals surface area contributed by atoms with E-state index in [4.69, 9.17) is 4.74 Å². The molecule has 0 amide bonds. The molecular weight excluding hydrogens is 116 g/mol. The Morgan fingerprint density at radius 2 is 2.22 bits per heavy atom. The fourth-order valence-electron chi connectivity index (χ4n) is 0.964. The second-order valence-corrected chi connectivity index (χ2v) is 2.71. The average Bonchev–Trinajstić information content (AvgIpc) is 2.38. The Morgan fingerprint density at radius 3 is 2.56 bits per heavy atom. The SMILES string of the molecule is CCCCC1(O)OC1C. The van der Waals surface area contributed by atoms with Crippen LogP contribution in [0.1, 0.15) is 33.1 Å². The van der Waals surface area contributed by atoms with Gasteiger partial charge < -0.3 is 9.84 Å². The van der Waals surface area contributed by atoms with E-state index >= 15 is 0 Å². The smallest absolute Gasteiger partial charge is 0.192 e. The van der Waals surface area contributed by atoms with Crippen molar-refractivity contribution in [1.82, 2.24) is 0 Å². The lowest BCUT2D eigenvalue weighted by Crippen LogP contribution is -2.11. The number of epoxide rings is 1. The summed E-state index contributed by atoms with van der Waals surface area (Å²) in [5.41, 5.74) is 0. The Balaban J connectivity index is 2.13. The highest BCUT2D eigenvalue weighted by atomic mass is 16.7.